The van der Waals surface area contributed by atoms with E-state index in [1.165, 1.54) is 4.90 Å². The Labute approximate surface area is 140 Å². The fraction of sp³-hybridized carbons (Fsp3) is 0.562. The van der Waals surface area contributed by atoms with Crippen LogP contribution in [0.1, 0.15) is 30.9 Å². The molecule has 1 aliphatic rings. The molecule has 0 radical (unpaired) electrons. The van der Waals surface area contributed by atoms with Gasteiger partial charge in [-0.25, -0.2) is 0 Å². The van der Waals surface area contributed by atoms with E-state index >= 15 is 0 Å². The minimum Gasteiger partial charge on any atom is -0.484 e. The number of hydrogen-bond acceptors (Lipinski definition) is 2. The maximum Gasteiger partial charge on any atom is 0.416 e. The molecule has 25 heavy (non-hydrogen) atoms. The first-order chi connectivity index (χ1) is 11.5. The van der Waals surface area contributed by atoms with Gasteiger partial charge in [0, 0.05) is 13.1 Å². The molecule has 0 atom stereocenters. The van der Waals surface area contributed by atoms with E-state index in [0.29, 0.717) is 31.1 Å². The maximum absolute atomic E-state index is 12.8. The maximum atomic E-state index is 12.8. The molecule has 1 amide bonds. The van der Waals surface area contributed by atoms with Crippen LogP contribution in [0.25, 0.3) is 0 Å². The number of likely N-dealkylation sites (tertiary alicyclic amines) is 1. The molecule has 1 fully saturated rings. The first kappa shape index (κ1) is 19.4. The number of amides is 1. The van der Waals surface area contributed by atoms with Crippen molar-refractivity contribution in [1.82, 2.24) is 4.90 Å². The average molecular weight is 369 g/mol. The molecule has 0 unspecified atom stereocenters. The second kappa shape index (κ2) is 7.13. The lowest BCUT2D eigenvalue weighted by Gasteiger charge is -2.30. The van der Waals surface area contributed by atoms with E-state index in [1.54, 1.807) is 0 Å². The van der Waals surface area contributed by atoms with E-state index in [4.69, 9.17) is 4.74 Å². The second-order valence-corrected chi connectivity index (χ2v) is 6.09. The molecular weight excluding hydrogens is 352 g/mol. The molecular formula is C16H17F6NO2. The van der Waals surface area contributed by atoms with Crippen molar-refractivity contribution in [3.63, 3.8) is 0 Å². The number of rotatable bonds is 3. The third-order valence-electron chi connectivity index (χ3n) is 4.06. The second-order valence-electron chi connectivity index (χ2n) is 6.09. The molecule has 2 rings (SSSR count). The number of nitrogens with zero attached hydrogens (tertiary/aromatic N) is 1. The fourth-order valence-corrected chi connectivity index (χ4v) is 2.50. The number of carbonyl (C=O) groups is 1. The van der Waals surface area contributed by atoms with Crippen molar-refractivity contribution >= 4 is 5.91 Å². The summed E-state index contributed by atoms with van der Waals surface area (Å²) in [6.07, 6.45) is -8.31. The molecule has 3 nitrogen and oxygen atoms in total. The third kappa shape index (κ3) is 5.27. The highest BCUT2D eigenvalue weighted by atomic mass is 19.4. The van der Waals surface area contributed by atoms with Gasteiger partial charge in [-0.15, -0.1) is 0 Å². The highest BCUT2D eigenvalue weighted by Gasteiger charge is 2.37. The zero-order valence-corrected chi connectivity index (χ0v) is 13.4. The molecule has 140 valence electrons. The molecule has 0 bridgehead atoms. The van der Waals surface area contributed by atoms with Crippen LogP contribution < -0.4 is 4.74 Å². The molecule has 1 aromatic rings. The molecule has 1 saturated heterocycles. The number of ether oxygens (including phenoxy) is 1. The van der Waals surface area contributed by atoms with Crippen molar-refractivity contribution in [2.75, 3.05) is 19.7 Å². The van der Waals surface area contributed by atoms with Gasteiger partial charge in [-0.3, -0.25) is 4.79 Å². The Morgan fingerprint density at radius 2 is 1.52 bits per heavy atom. The van der Waals surface area contributed by atoms with Crippen molar-refractivity contribution in [2.45, 2.75) is 32.1 Å². The quantitative estimate of drug-likeness (QED) is 0.741. The highest BCUT2D eigenvalue weighted by molar-refractivity contribution is 5.77. The van der Waals surface area contributed by atoms with Crippen molar-refractivity contribution in [2.24, 2.45) is 5.92 Å². The van der Waals surface area contributed by atoms with E-state index in [-0.39, 0.29) is 6.07 Å². The van der Waals surface area contributed by atoms with Crippen LogP contribution >= 0.6 is 0 Å². The monoisotopic (exact) mass is 369 g/mol. The topological polar surface area (TPSA) is 29.5 Å². The van der Waals surface area contributed by atoms with Crippen molar-refractivity contribution in [1.29, 1.82) is 0 Å². The Morgan fingerprint density at radius 1 is 1.04 bits per heavy atom. The van der Waals surface area contributed by atoms with Crippen LogP contribution in [-0.2, 0) is 17.1 Å². The molecule has 1 aromatic carbocycles. The summed E-state index contributed by atoms with van der Waals surface area (Å²) in [5.74, 6) is -0.624. The highest BCUT2D eigenvalue weighted by Crippen LogP contribution is 2.38. The Kier molecular flexibility index (Phi) is 5.53. The van der Waals surface area contributed by atoms with E-state index in [2.05, 4.69) is 0 Å². The van der Waals surface area contributed by atoms with Crippen molar-refractivity contribution < 1.29 is 35.9 Å². The summed E-state index contributed by atoms with van der Waals surface area (Å²) in [5.41, 5.74) is -2.95. The van der Waals surface area contributed by atoms with Gasteiger partial charge in [-0.2, -0.15) is 26.3 Å². The normalized spacial score (nSPS) is 16.8. The van der Waals surface area contributed by atoms with Gasteiger partial charge in [-0.05, 0) is 37.0 Å². The lowest BCUT2D eigenvalue weighted by Crippen LogP contribution is -2.40. The summed E-state index contributed by atoms with van der Waals surface area (Å²) in [4.78, 5) is 13.5. The van der Waals surface area contributed by atoms with E-state index in [9.17, 15) is 31.1 Å². The third-order valence-corrected chi connectivity index (χ3v) is 4.06. The van der Waals surface area contributed by atoms with E-state index in [1.807, 2.05) is 6.92 Å². The minimum absolute atomic E-state index is 0.0146. The molecule has 9 heteroatoms. The van der Waals surface area contributed by atoms with Gasteiger partial charge in [0.05, 0.1) is 11.1 Å². The first-order valence-corrected chi connectivity index (χ1v) is 7.67. The summed E-state index contributed by atoms with van der Waals surface area (Å²) in [6, 6.07) is 0.933. The number of halogens is 6. The number of carbonyl (C=O) groups excluding carboxylic acids is 1. The van der Waals surface area contributed by atoms with Crippen molar-refractivity contribution in [3.8, 4) is 5.75 Å². The fourth-order valence-electron chi connectivity index (χ4n) is 2.50. The summed E-state index contributed by atoms with van der Waals surface area (Å²) >= 11 is 0. The van der Waals surface area contributed by atoms with Gasteiger partial charge < -0.3 is 9.64 Å². The molecule has 0 spiro atoms. The molecule has 1 heterocycles. The Hall–Kier alpha value is -1.93. The Bertz CT molecular complexity index is 586. The smallest absolute Gasteiger partial charge is 0.416 e. The van der Waals surface area contributed by atoms with Gasteiger partial charge in [0.25, 0.3) is 5.91 Å². The minimum atomic E-state index is -4.95. The zero-order chi connectivity index (χ0) is 18.8. The lowest BCUT2D eigenvalue weighted by atomic mass is 9.99. The number of benzene rings is 1. The summed E-state index contributed by atoms with van der Waals surface area (Å²) in [7, 11) is 0. The van der Waals surface area contributed by atoms with Gasteiger partial charge >= 0.3 is 12.4 Å². The molecule has 0 aromatic heterocycles. The summed E-state index contributed by atoms with van der Waals surface area (Å²) in [5, 5.41) is 0. The van der Waals surface area contributed by atoms with Crippen LogP contribution in [0, 0.1) is 5.92 Å². The Morgan fingerprint density at radius 3 is 1.96 bits per heavy atom. The SMILES string of the molecule is CC1CCN(C(=O)COc2cc(C(F)(F)F)cc(C(F)(F)F)c2)CC1. The Balaban J connectivity index is 2.11. The molecule has 1 aliphatic heterocycles. The van der Waals surface area contributed by atoms with Crippen LogP contribution in [0.3, 0.4) is 0 Å². The zero-order valence-electron chi connectivity index (χ0n) is 13.4. The van der Waals surface area contributed by atoms with Gasteiger partial charge in [-0.1, -0.05) is 6.92 Å². The van der Waals surface area contributed by atoms with Crippen LogP contribution in [0.4, 0.5) is 26.3 Å². The molecule has 0 aliphatic carbocycles. The van der Waals surface area contributed by atoms with Crippen LogP contribution in [0.15, 0.2) is 18.2 Å². The van der Waals surface area contributed by atoms with Crippen LogP contribution in [0.2, 0.25) is 0 Å². The van der Waals surface area contributed by atoms with Gasteiger partial charge in [0.15, 0.2) is 6.61 Å². The van der Waals surface area contributed by atoms with E-state index < -0.39 is 41.7 Å². The average Bonchev–Trinajstić information content (AvgIpc) is 2.51. The van der Waals surface area contributed by atoms with E-state index in [0.717, 1.165) is 12.8 Å². The van der Waals surface area contributed by atoms with Crippen LogP contribution in [0.5, 0.6) is 5.75 Å². The number of piperidine rings is 1. The lowest BCUT2D eigenvalue weighted by molar-refractivity contribution is -0.143. The first-order valence-electron chi connectivity index (χ1n) is 7.67. The molecule has 0 saturated carbocycles. The molecule has 0 N–H and O–H groups in total. The van der Waals surface area contributed by atoms with Gasteiger partial charge in [0.1, 0.15) is 5.75 Å². The summed E-state index contributed by atoms with van der Waals surface area (Å²) < 4.78 is 81.5. The predicted molar refractivity (Wildman–Crippen MR) is 76.9 cm³/mol. The van der Waals surface area contributed by atoms with Gasteiger partial charge in [0.2, 0.25) is 0 Å². The van der Waals surface area contributed by atoms with Crippen molar-refractivity contribution in [3.05, 3.63) is 29.3 Å². The van der Waals surface area contributed by atoms with Crippen LogP contribution in [-0.4, -0.2) is 30.5 Å². The predicted octanol–water partition coefficient (Wildman–Crippen LogP) is 4.36. The summed E-state index contributed by atoms with van der Waals surface area (Å²) in [6.45, 7) is 2.44. The standard InChI is InChI=1S/C16H17F6NO2/c1-10-2-4-23(5-3-10)14(24)9-25-13-7-11(15(17,18)19)6-12(8-13)16(20,21)22/h6-8,10H,2-5,9H2,1H3. The number of hydrogen-bond donors (Lipinski definition) is 0. The number of alkyl halides is 6. The largest absolute Gasteiger partial charge is 0.484 e.